The standard InChI is InChI=1S/C13H14O3/c1-11(14)16-13(15)10-6-5-9-12-7-3-2-4-8-12/h2-5,7-9H,6,10H2,1H3. The molecule has 3 nitrogen and oxygen atoms in total. The number of carbonyl (C=O) groups is 2. The molecule has 1 aromatic carbocycles. The van der Waals surface area contributed by atoms with Gasteiger partial charge in [-0.1, -0.05) is 42.5 Å². The van der Waals surface area contributed by atoms with Gasteiger partial charge in [0.15, 0.2) is 0 Å². The van der Waals surface area contributed by atoms with Crippen molar-refractivity contribution in [1.29, 1.82) is 0 Å². The summed E-state index contributed by atoms with van der Waals surface area (Å²) < 4.78 is 4.39. The van der Waals surface area contributed by atoms with Crippen molar-refractivity contribution in [2.45, 2.75) is 19.8 Å². The molecule has 0 aliphatic carbocycles. The van der Waals surface area contributed by atoms with Gasteiger partial charge in [0.1, 0.15) is 0 Å². The molecule has 16 heavy (non-hydrogen) atoms. The molecule has 1 rings (SSSR count). The molecule has 0 aliphatic heterocycles. The first kappa shape index (κ1) is 12.2. The van der Waals surface area contributed by atoms with Crippen LogP contribution in [0.3, 0.4) is 0 Å². The lowest BCUT2D eigenvalue weighted by Gasteiger charge is -1.96. The van der Waals surface area contributed by atoms with Crippen LogP contribution in [0, 0.1) is 0 Å². The van der Waals surface area contributed by atoms with Gasteiger partial charge in [-0.2, -0.15) is 0 Å². The van der Waals surface area contributed by atoms with Crippen molar-refractivity contribution in [2.75, 3.05) is 0 Å². The van der Waals surface area contributed by atoms with E-state index in [-0.39, 0.29) is 6.42 Å². The van der Waals surface area contributed by atoms with Gasteiger partial charge < -0.3 is 4.74 Å². The average molecular weight is 218 g/mol. The minimum atomic E-state index is -0.558. The van der Waals surface area contributed by atoms with Gasteiger partial charge in [-0.05, 0) is 12.0 Å². The number of carbonyl (C=O) groups excluding carboxylic acids is 2. The number of rotatable bonds is 4. The summed E-state index contributed by atoms with van der Waals surface area (Å²) in [7, 11) is 0. The number of hydrogen-bond donors (Lipinski definition) is 0. The number of ether oxygens (including phenoxy) is 1. The molecule has 0 fully saturated rings. The van der Waals surface area contributed by atoms with Crippen molar-refractivity contribution in [3.8, 4) is 0 Å². The Morgan fingerprint density at radius 1 is 1.25 bits per heavy atom. The SMILES string of the molecule is CC(=O)OC(=O)CCC=Cc1ccccc1. The van der Waals surface area contributed by atoms with Crippen LogP contribution >= 0.6 is 0 Å². The highest BCUT2D eigenvalue weighted by Gasteiger charge is 2.03. The van der Waals surface area contributed by atoms with Crippen molar-refractivity contribution in [3.05, 3.63) is 42.0 Å². The molecule has 0 bridgehead atoms. The lowest BCUT2D eigenvalue weighted by Crippen LogP contribution is -2.07. The maximum Gasteiger partial charge on any atom is 0.313 e. The van der Waals surface area contributed by atoms with E-state index in [1.54, 1.807) is 0 Å². The fraction of sp³-hybridized carbons (Fsp3) is 0.231. The zero-order valence-electron chi connectivity index (χ0n) is 9.18. The molecule has 0 saturated heterocycles. The van der Waals surface area contributed by atoms with Gasteiger partial charge in [0, 0.05) is 13.3 Å². The van der Waals surface area contributed by atoms with E-state index in [1.165, 1.54) is 6.92 Å². The number of benzene rings is 1. The third kappa shape index (κ3) is 5.10. The molecule has 84 valence electrons. The Bertz CT molecular complexity index is 379. The number of allylic oxidation sites excluding steroid dienone is 1. The lowest BCUT2D eigenvalue weighted by molar-refractivity contribution is -0.157. The van der Waals surface area contributed by atoms with E-state index >= 15 is 0 Å². The summed E-state index contributed by atoms with van der Waals surface area (Å²) in [5, 5.41) is 0. The third-order valence-electron chi connectivity index (χ3n) is 1.88. The molecule has 3 heteroatoms. The van der Waals surface area contributed by atoms with Crippen molar-refractivity contribution in [3.63, 3.8) is 0 Å². The van der Waals surface area contributed by atoms with Crippen LogP contribution in [0.25, 0.3) is 6.08 Å². The summed E-state index contributed by atoms with van der Waals surface area (Å²) in [6, 6.07) is 9.80. The normalized spacial score (nSPS) is 10.3. The highest BCUT2D eigenvalue weighted by molar-refractivity contribution is 5.84. The van der Waals surface area contributed by atoms with Crippen LogP contribution in [-0.2, 0) is 14.3 Å². The Morgan fingerprint density at radius 3 is 2.56 bits per heavy atom. The van der Waals surface area contributed by atoms with E-state index in [1.807, 2.05) is 42.5 Å². The van der Waals surface area contributed by atoms with E-state index in [9.17, 15) is 9.59 Å². The summed E-state index contributed by atoms with van der Waals surface area (Å²) in [6.07, 6.45) is 4.61. The highest BCUT2D eigenvalue weighted by atomic mass is 16.6. The van der Waals surface area contributed by atoms with Gasteiger partial charge in [-0.15, -0.1) is 0 Å². The van der Waals surface area contributed by atoms with Crippen LogP contribution in [-0.4, -0.2) is 11.9 Å². The minimum Gasteiger partial charge on any atom is -0.393 e. The average Bonchev–Trinajstić information content (AvgIpc) is 2.25. The molecule has 0 atom stereocenters. The zero-order chi connectivity index (χ0) is 11.8. The molecule has 0 aromatic heterocycles. The molecule has 0 spiro atoms. The quantitative estimate of drug-likeness (QED) is 0.576. The fourth-order valence-electron chi connectivity index (χ4n) is 1.20. The van der Waals surface area contributed by atoms with Crippen LogP contribution < -0.4 is 0 Å². The number of hydrogen-bond acceptors (Lipinski definition) is 3. The molecule has 0 radical (unpaired) electrons. The molecule has 0 N–H and O–H groups in total. The van der Waals surface area contributed by atoms with Crippen LogP contribution in [0.1, 0.15) is 25.3 Å². The van der Waals surface area contributed by atoms with E-state index in [4.69, 9.17) is 0 Å². The van der Waals surface area contributed by atoms with Crippen LogP contribution in [0.2, 0.25) is 0 Å². The molecular weight excluding hydrogens is 204 g/mol. The summed E-state index contributed by atoms with van der Waals surface area (Å²) >= 11 is 0. The van der Waals surface area contributed by atoms with Gasteiger partial charge >= 0.3 is 11.9 Å². The smallest absolute Gasteiger partial charge is 0.313 e. The second-order valence-corrected chi connectivity index (χ2v) is 3.32. The second kappa shape index (κ2) is 6.56. The van der Waals surface area contributed by atoms with Crippen LogP contribution in [0.5, 0.6) is 0 Å². The fourth-order valence-corrected chi connectivity index (χ4v) is 1.20. The Hall–Kier alpha value is -1.90. The first-order chi connectivity index (χ1) is 7.68. The van der Waals surface area contributed by atoms with E-state index in [2.05, 4.69) is 4.74 Å². The molecule has 0 aliphatic rings. The van der Waals surface area contributed by atoms with Gasteiger partial charge in [-0.3, -0.25) is 9.59 Å². The Labute approximate surface area is 94.7 Å². The van der Waals surface area contributed by atoms with Gasteiger partial charge in [-0.25, -0.2) is 0 Å². The monoisotopic (exact) mass is 218 g/mol. The minimum absolute atomic E-state index is 0.225. The zero-order valence-corrected chi connectivity index (χ0v) is 9.18. The first-order valence-corrected chi connectivity index (χ1v) is 5.11. The molecule has 0 saturated carbocycles. The largest absolute Gasteiger partial charge is 0.393 e. The van der Waals surface area contributed by atoms with Crippen LogP contribution in [0.4, 0.5) is 0 Å². The Balaban J connectivity index is 2.28. The summed E-state index contributed by atoms with van der Waals surface area (Å²) in [4.78, 5) is 21.4. The predicted molar refractivity (Wildman–Crippen MR) is 61.5 cm³/mol. The van der Waals surface area contributed by atoms with E-state index < -0.39 is 11.9 Å². The van der Waals surface area contributed by atoms with Crippen LogP contribution in [0.15, 0.2) is 36.4 Å². The second-order valence-electron chi connectivity index (χ2n) is 3.32. The van der Waals surface area contributed by atoms with Gasteiger partial charge in [0.05, 0.1) is 0 Å². The van der Waals surface area contributed by atoms with Crippen molar-refractivity contribution in [1.82, 2.24) is 0 Å². The number of esters is 2. The Morgan fingerprint density at radius 2 is 1.94 bits per heavy atom. The maximum absolute atomic E-state index is 11.0. The summed E-state index contributed by atoms with van der Waals surface area (Å²) in [5.74, 6) is -1.04. The maximum atomic E-state index is 11.0. The molecule has 0 amide bonds. The van der Waals surface area contributed by atoms with Gasteiger partial charge in [0.25, 0.3) is 0 Å². The molecule has 0 unspecified atom stereocenters. The van der Waals surface area contributed by atoms with Gasteiger partial charge in [0.2, 0.25) is 0 Å². The van der Waals surface area contributed by atoms with Crippen molar-refractivity contribution < 1.29 is 14.3 Å². The lowest BCUT2D eigenvalue weighted by atomic mass is 10.2. The van der Waals surface area contributed by atoms with E-state index in [0.29, 0.717) is 6.42 Å². The topological polar surface area (TPSA) is 43.4 Å². The molecular formula is C13H14O3. The molecule has 0 heterocycles. The van der Waals surface area contributed by atoms with Crippen molar-refractivity contribution >= 4 is 18.0 Å². The van der Waals surface area contributed by atoms with E-state index in [0.717, 1.165) is 5.56 Å². The first-order valence-electron chi connectivity index (χ1n) is 5.11. The van der Waals surface area contributed by atoms with Crippen molar-refractivity contribution in [2.24, 2.45) is 0 Å². The highest BCUT2D eigenvalue weighted by Crippen LogP contribution is 2.03. The summed E-state index contributed by atoms with van der Waals surface area (Å²) in [5.41, 5.74) is 1.09. The molecule has 1 aromatic rings. The summed E-state index contributed by atoms with van der Waals surface area (Å²) in [6.45, 7) is 1.22. The Kier molecular flexibility index (Phi) is 4.99. The predicted octanol–water partition coefficient (Wildman–Crippen LogP) is 2.57. The third-order valence-corrected chi connectivity index (χ3v) is 1.88.